The number of aliphatic hydroxyl groups is 1. The molecule has 1 amide bonds. The molecule has 0 aromatic rings. The maximum atomic E-state index is 11.7. The lowest BCUT2D eigenvalue weighted by molar-refractivity contribution is -0.142. The Morgan fingerprint density at radius 3 is 2.57 bits per heavy atom. The molecular formula is C10H21NO3. The molecule has 0 aromatic heterocycles. The molecule has 0 aliphatic heterocycles. The van der Waals surface area contributed by atoms with Crippen LogP contribution in [-0.4, -0.2) is 36.4 Å². The number of methoxy groups -OCH3 is 1. The lowest BCUT2D eigenvalue weighted by Gasteiger charge is -2.27. The van der Waals surface area contributed by atoms with Crippen LogP contribution in [0.2, 0.25) is 0 Å². The number of rotatable bonds is 6. The summed E-state index contributed by atoms with van der Waals surface area (Å²) >= 11 is 0. The highest BCUT2D eigenvalue weighted by Crippen LogP contribution is 2.14. The molecule has 0 bridgehead atoms. The first-order valence-corrected chi connectivity index (χ1v) is 4.97. The standard InChI is InChI=1S/C10H21NO3/c1-5-10(3,14-4)9(13)11-8(2)6-7-12/h8,12H,5-7H2,1-4H3,(H,11,13). The summed E-state index contributed by atoms with van der Waals surface area (Å²) in [5, 5.41) is 11.5. The van der Waals surface area contributed by atoms with Crippen LogP contribution in [0.5, 0.6) is 0 Å². The normalized spacial score (nSPS) is 17.2. The predicted molar refractivity (Wildman–Crippen MR) is 55.0 cm³/mol. The van der Waals surface area contributed by atoms with Gasteiger partial charge in [-0.05, 0) is 26.7 Å². The maximum Gasteiger partial charge on any atom is 0.252 e. The third-order valence-electron chi connectivity index (χ3n) is 2.55. The van der Waals surface area contributed by atoms with Gasteiger partial charge < -0.3 is 15.2 Å². The Hall–Kier alpha value is -0.610. The third-order valence-corrected chi connectivity index (χ3v) is 2.55. The molecule has 0 fully saturated rings. The van der Waals surface area contributed by atoms with E-state index in [1.165, 1.54) is 7.11 Å². The van der Waals surface area contributed by atoms with Crippen LogP contribution >= 0.6 is 0 Å². The van der Waals surface area contributed by atoms with Crippen molar-refractivity contribution < 1.29 is 14.6 Å². The fraction of sp³-hybridized carbons (Fsp3) is 0.900. The molecule has 2 unspecified atom stereocenters. The van der Waals surface area contributed by atoms with E-state index < -0.39 is 5.60 Å². The van der Waals surface area contributed by atoms with Crippen LogP contribution < -0.4 is 5.32 Å². The molecule has 0 rings (SSSR count). The van der Waals surface area contributed by atoms with E-state index in [-0.39, 0.29) is 18.6 Å². The van der Waals surface area contributed by atoms with E-state index in [9.17, 15) is 4.79 Å². The van der Waals surface area contributed by atoms with Crippen LogP contribution in [0.3, 0.4) is 0 Å². The summed E-state index contributed by atoms with van der Waals surface area (Å²) in [6, 6.07) is -0.0199. The molecule has 0 radical (unpaired) electrons. The van der Waals surface area contributed by atoms with E-state index in [1.54, 1.807) is 6.92 Å². The van der Waals surface area contributed by atoms with Gasteiger partial charge >= 0.3 is 0 Å². The number of ether oxygens (including phenoxy) is 1. The quantitative estimate of drug-likeness (QED) is 0.667. The van der Waals surface area contributed by atoms with Gasteiger partial charge in [0.05, 0.1) is 0 Å². The van der Waals surface area contributed by atoms with Crippen molar-refractivity contribution in [2.75, 3.05) is 13.7 Å². The summed E-state index contributed by atoms with van der Waals surface area (Å²) in [7, 11) is 1.53. The first-order valence-electron chi connectivity index (χ1n) is 4.97. The van der Waals surface area contributed by atoms with Gasteiger partial charge in [-0.1, -0.05) is 6.92 Å². The van der Waals surface area contributed by atoms with E-state index in [2.05, 4.69) is 5.32 Å². The highest BCUT2D eigenvalue weighted by Gasteiger charge is 2.31. The second-order valence-electron chi connectivity index (χ2n) is 3.68. The molecular weight excluding hydrogens is 182 g/mol. The number of aliphatic hydroxyl groups excluding tert-OH is 1. The molecule has 14 heavy (non-hydrogen) atoms. The second kappa shape index (κ2) is 5.98. The zero-order valence-electron chi connectivity index (χ0n) is 9.46. The summed E-state index contributed by atoms with van der Waals surface area (Å²) in [6.45, 7) is 5.60. The van der Waals surface area contributed by atoms with Gasteiger partial charge in [-0.2, -0.15) is 0 Å². The van der Waals surface area contributed by atoms with Crippen LogP contribution in [0, 0.1) is 0 Å². The van der Waals surface area contributed by atoms with Crippen LogP contribution in [0.15, 0.2) is 0 Å². The van der Waals surface area contributed by atoms with Crippen molar-refractivity contribution in [3.8, 4) is 0 Å². The van der Waals surface area contributed by atoms with Gasteiger partial charge in [-0.3, -0.25) is 4.79 Å². The lowest BCUT2D eigenvalue weighted by Crippen LogP contribution is -2.48. The van der Waals surface area contributed by atoms with Crippen LogP contribution in [0.25, 0.3) is 0 Å². The highest BCUT2D eigenvalue weighted by molar-refractivity contribution is 5.84. The van der Waals surface area contributed by atoms with Crippen molar-refractivity contribution in [3.05, 3.63) is 0 Å². The van der Waals surface area contributed by atoms with Crippen molar-refractivity contribution in [3.63, 3.8) is 0 Å². The predicted octanol–water partition coefficient (Wildman–Crippen LogP) is 0.689. The largest absolute Gasteiger partial charge is 0.396 e. The first-order chi connectivity index (χ1) is 6.50. The number of amides is 1. The van der Waals surface area contributed by atoms with Crippen molar-refractivity contribution >= 4 is 5.91 Å². The Kier molecular flexibility index (Phi) is 5.72. The summed E-state index contributed by atoms with van der Waals surface area (Å²) < 4.78 is 5.15. The minimum Gasteiger partial charge on any atom is -0.396 e. The Balaban J connectivity index is 4.18. The molecule has 0 aliphatic carbocycles. The first kappa shape index (κ1) is 13.4. The molecule has 2 N–H and O–H groups in total. The van der Waals surface area contributed by atoms with Crippen molar-refractivity contribution in [2.45, 2.75) is 45.3 Å². The number of carbonyl (C=O) groups excluding carboxylic acids is 1. The van der Waals surface area contributed by atoms with E-state index in [0.29, 0.717) is 12.8 Å². The van der Waals surface area contributed by atoms with Gasteiger partial charge in [-0.25, -0.2) is 0 Å². The summed E-state index contributed by atoms with van der Waals surface area (Å²) in [4.78, 5) is 11.7. The van der Waals surface area contributed by atoms with Gasteiger partial charge in [-0.15, -0.1) is 0 Å². The molecule has 0 heterocycles. The monoisotopic (exact) mass is 203 g/mol. The Bertz CT molecular complexity index is 178. The molecule has 84 valence electrons. The van der Waals surface area contributed by atoms with Gasteiger partial charge in [0.15, 0.2) is 0 Å². The molecule has 0 aliphatic rings. The molecule has 2 atom stereocenters. The second-order valence-corrected chi connectivity index (χ2v) is 3.68. The topological polar surface area (TPSA) is 58.6 Å². The molecule has 0 saturated carbocycles. The highest BCUT2D eigenvalue weighted by atomic mass is 16.5. The maximum absolute atomic E-state index is 11.7. The number of hydrogen-bond acceptors (Lipinski definition) is 3. The average Bonchev–Trinajstić information content (AvgIpc) is 2.16. The summed E-state index contributed by atoms with van der Waals surface area (Å²) in [5.74, 6) is -0.122. The fourth-order valence-corrected chi connectivity index (χ4v) is 1.04. The van der Waals surface area contributed by atoms with Crippen molar-refractivity contribution in [1.29, 1.82) is 0 Å². The van der Waals surface area contributed by atoms with E-state index in [1.807, 2.05) is 13.8 Å². The van der Waals surface area contributed by atoms with Crippen LogP contribution in [0.1, 0.15) is 33.6 Å². The van der Waals surface area contributed by atoms with Gasteiger partial charge in [0.1, 0.15) is 5.60 Å². The van der Waals surface area contributed by atoms with E-state index >= 15 is 0 Å². The van der Waals surface area contributed by atoms with Crippen LogP contribution in [0.4, 0.5) is 0 Å². The number of hydrogen-bond donors (Lipinski definition) is 2. The van der Waals surface area contributed by atoms with E-state index in [4.69, 9.17) is 9.84 Å². The lowest BCUT2D eigenvalue weighted by atomic mass is 10.0. The zero-order chi connectivity index (χ0) is 11.2. The SMILES string of the molecule is CCC(C)(OC)C(=O)NC(C)CCO. The summed E-state index contributed by atoms with van der Waals surface area (Å²) in [6.07, 6.45) is 1.19. The van der Waals surface area contributed by atoms with Gasteiger partial charge in [0.2, 0.25) is 0 Å². The van der Waals surface area contributed by atoms with Gasteiger partial charge in [0, 0.05) is 19.8 Å². The zero-order valence-corrected chi connectivity index (χ0v) is 9.46. The van der Waals surface area contributed by atoms with Crippen molar-refractivity contribution in [1.82, 2.24) is 5.32 Å². The fourth-order valence-electron chi connectivity index (χ4n) is 1.04. The third kappa shape index (κ3) is 3.64. The summed E-state index contributed by atoms with van der Waals surface area (Å²) in [5.41, 5.74) is -0.760. The average molecular weight is 203 g/mol. The molecule has 0 aromatic carbocycles. The van der Waals surface area contributed by atoms with Crippen LogP contribution in [-0.2, 0) is 9.53 Å². The Labute approximate surface area is 85.6 Å². The van der Waals surface area contributed by atoms with Gasteiger partial charge in [0.25, 0.3) is 5.91 Å². The minimum atomic E-state index is -0.760. The minimum absolute atomic E-state index is 0.0199. The molecule has 4 heteroatoms. The van der Waals surface area contributed by atoms with Crippen molar-refractivity contribution in [2.24, 2.45) is 0 Å². The Morgan fingerprint density at radius 2 is 2.21 bits per heavy atom. The number of carbonyl (C=O) groups is 1. The molecule has 0 saturated heterocycles. The van der Waals surface area contributed by atoms with E-state index in [0.717, 1.165) is 0 Å². The Morgan fingerprint density at radius 1 is 1.64 bits per heavy atom. The smallest absolute Gasteiger partial charge is 0.252 e. The molecule has 4 nitrogen and oxygen atoms in total. The molecule has 0 spiro atoms. The number of nitrogens with one attached hydrogen (secondary N) is 1.